The van der Waals surface area contributed by atoms with Crippen LogP contribution in [0.2, 0.25) is 0 Å². The molecule has 0 radical (unpaired) electrons. The highest BCUT2D eigenvalue weighted by Crippen LogP contribution is 2.43. The molecule has 3 rings (SSSR count). The predicted molar refractivity (Wildman–Crippen MR) is 196 cm³/mol. The number of hydroxylamine groups is 2. The summed E-state index contributed by atoms with van der Waals surface area (Å²) in [5.74, 6) is -0.923. The zero-order valence-corrected chi connectivity index (χ0v) is 32.0. The standard InChI is InChI=1S/C40H64N4O6/c1-27(2)24-29(5)20-21-31(25-30-16-11-10-12-17-30)37(47)43-23-15-19-34(43)36(46)42-33(38(48)50-28(3)4)18-13-14-22-41-35(45)32-26-39(6,7)44(49)40(32,8)9/h10-12,16-17,20-21,27-29,31-34,49H,13-15,18-19,22-26H2,1-9H3,(H,41,45)(H,42,46)/b21-20+/t29-,31-,32?,33+,34+/m1/s1. The molecule has 3 N–H and O–H groups in total. The fourth-order valence-electron chi connectivity index (χ4n) is 7.58. The number of esters is 1. The Kier molecular flexibility index (Phi) is 15.1. The average molecular weight is 697 g/mol. The molecule has 0 spiro atoms. The first-order valence-electron chi connectivity index (χ1n) is 18.7. The highest BCUT2D eigenvalue weighted by molar-refractivity contribution is 5.92. The fourth-order valence-corrected chi connectivity index (χ4v) is 7.58. The van der Waals surface area contributed by atoms with Crippen molar-refractivity contribution in [3.63, 3.8) is 0 Å². The average Bonchev–Trinajstić information content (AvgIpc) is 3.59. The number of rotatable bonds is 17. The topological polar surface area (TPSA) is 128 Å². The maximum atomic E-state index is 14.1. The minimum Gasteiger partial charge on any atom is -0.461 e. The first-order chi connectivity index (χ1) is 23.4. The number of carbonyl (C=O) groups excluding carboxylic acids is 4. The Morgan fingerprint density at radius 3 is 2.26 bits per heavy atom. The van der Waals surface area contributed by atoms with Gasteiger partial charge in [-0.05, 0) is 110 Å². The van der Waals surface area contributed by atoms with Crippen molar-refractivity contribution >= 4 is 23.7 Å². The van der Waals surface area contributed by atoms with E-state index in [4.69, 9.17) is 4.74 Å². The molecule has 2 aliphatic rings. The fraction of sp³-hybridized carbons (Fsp3) is 0.700. The molecule has 1 aromatic rings. The molecule has 280 valence electrons. The van der Waals surface area contributed by atoms with Crippen LogP contribution >= 0.6 is 0 Å². The Morgan fingerprint density at radius 2 is 1.66 bits per heavy atom. The molecule has 1 aromatic carbocycles. The summed E-state index contributed by atoms with van der Waals surface area (Å²) in [5.41, 5.74) is -0.131. The van der Waals surface area contributed by atoms with Gasteiger partial charge in [-0.25, -0.2) is 4.79 Å². The van der Waals surface area contributed by atoms with Gasteiger partial charge in [0.25, 0.3) is 0 Å². The summed E-state index contributed by atoms with van der Waals surface area (Å²) in [7, 11) is 0. The number of unbranched alkanes of at least 4 members (excludes halogenated alkanes) is 1. The molecular formula is C40H64N4O6. The van der Waals surface area contributed by atoms with Gasteiger partial charge in [0, 0.05) is 18.6 Å². The zero-order chi connectivity index (χ0) is 37.2. The SMILES string of the molecule is CC(C)C[C@H](C)/C=C/[C@H](Cc1ccccc1)C(=O)N1CCC[C@H]1C(=O)N[C@@H](CCCCNC(=O)C1CC(C)(C)N(O)C1(C)C)C(=O)OC(C)C. The van der Waals surface area contributed by atoms with Gasteiger partial charge in [0.05, 0.1) is 23.5 Å². The number of hydrogen-bond donors (Lipinski definition) is 3. The van der Waals surface area contributed by atoms with Crippen molar-refractivity contribution in [1.82, 2.24) is 20.6 Å². The number of nitrogens with one attached hydrogen (secondary N) is 2. The van der Waals surface area contributed by atoms with E-state index in [1.165, 1.54) is 5.06 Å². The number of ether oxygens (including phenoxy) is 1. The second-order valence-electron chi connectivity index (χ2n) is 16.3. The maximum Gasteiger partial charge on any atom is 0.328 e. The number of nitrogens with zero attached hydrogens (tertiary/aromatic N) is 2. The van der Waals surface area contributed by atoms with E-state index in [-0.39, 0.29) is 29.7 Å². The van der Waals surface area contributed by atoms with Crippen molar-refractivity contribution in [1.29, 1.82) is 0 Å². The van der Waals surface area contributed by atoms with Gasteiger partial charge in [-0.2, -0.15) is 5.06 Å². The summed E-state index contributed by atoms with van der Waals surface area (Å²) in [6, 6.07) is 8.41. The summed E-state index contributed by atoms with van der Waals surface area (Å²) in [4.78, 5) is 55.8. The number of likely N-dealkylation sites (tertiary alicyclic amines) is 1. The Bertz CT molecular complexity index is 1310. The molecule has 50 heavy (non-hydrogen) atoms. The number of benzene rings is 1. The third kappa shape index (κ3) is 11.4. The molecular weight excluding hydrogens is 632 g/mol. The molecule has 2 saturated heterocycles. The highest BCUT2D eigenvalue weighted by Gasteiger charge is 2.54. The van der Waals surface area contributed by atoms with Gasteiger partial charge >= 0.3 is 5.97 Å². The highest BCUT2D eigenvalue weighted by atomic mass is 16.5. The van der Waals surface area contributed by atoms with E-state index in [0.29, 0.717) is 69.9 Å². The van der Waals surface area contributed by atoms with Gasteiger partial charge in [0.2, 0.25) is 17.7 Å². The molecule has 2 fully saturated rings. The lowest BCUT2D eigenvalue weighted by atomic mass is 9.86. The Morgan fingerprint density at radius 1 is 0.980 bits per heavy atom. The molecule has 0 saturated carbocycles. The summed E-state index contributed by atoms with van der Waals surface area (Å²) < 4.78 is 5.51. The van der Waals surface area contributed by atoms with E-state index in [2.05, 4.69) is 37.5 Å². The molecule has 0 bridgehead atoms. The van der Waals surface area contributed by atoms with Crippen LogP contribution in [0.3, 0.4) is 0 Å². The van der Waals surface area contributed by atoms with Gasteiger partial charge in [-0.3, -0.25) is 14.4 Å². The van der Waals surface area contributed by atoms with E-state index in [1.807, 2.05) is 64.1 Å². The van der Waals surface area contributed by atoms with Crippen LogP contribution in [0.1, 0.15) is 113 Å². The van der Waals surface area contributed by atoms with Crippen LogP contribution in [-0.2, 0) is 30.3 Å². The zero-order valence-electron chi connectivity index (χ0n) is 32.0. The summed E-state index contributed by atoms with van der Waals surface area (Å²) >= 11 is 0. The van der Waals surface area contributed by atoms with Crippen LogP contribution in [0.4, 0.5) is 0 Å². The van der Waals surface area contributed by atoms with Crippen LogP contribution in [0.15, 0.2) is 42.5 Å². The van der Waals surface area contributed by atoms with Crippen molar-refractivity contribution in [2.75, 3.05) is 13.1 Å². The second kappa shape index (κ2) is 18.3. The number of allylic oxidation sites excluding steroid dienone is 1. The van der Waals surface area contributed by atoms with Crippen LogP contribution in [0.25, 0.3) is 0 Å². The van der Waals surface area contributed by atoms with Gasteiger partial charge < -0.3 is 25.5 Å². The summed E-state index contributed by atoms with van der Waals surface area (Å²) in [6.45, 7) is 18.6. The van der Waals surface area contributed by atoms with Crippen molar-refractivity contribution in [2.45, 2.75) is 143 Å². The van der Waals surface area contributed by atoms with Gasteiger partial charge in [-0.15, -0.1) is 0 Å². The lowest BCUT2D eigenvalue weighted by Gasteiger charge is -2.35. The first-order valence-corrected chi connectivity index (χ1v) is 18.7. The van der Waals surface area contributed by atoms with E-state index < -0.39 is 35.0 Å². The van der Waals surface area contributed by atoms with E-state index in [0.717, 1.165) is 12.0 Å². The number of amides is 3. The summed E-state index contributed by atoms with van der Waals surface area (Å²) in [6.07, 6.45) is 8.66. The normalized spacial score (nSPS) is 22.1. The Balaban J connectivity index is 1.64. The van der Waals surface area contributed by atoms with Gasteiger partial charge in [0.1, 0.15) is 12.1 Å². The minimum atomic E-state index is -0.868. The summed E-state index contributed by atoms with van der Waals surface area (Å²) in [5, 5.41) is 17.8. The van der Waals surface area contributed by atoms with Crippen LogP contribution in [0, 0.1) is 23.7 Å². The van der Waals surface area contributed by atoms with Crippen LogP contribution in [0.5, 0.6) is 0 Å². The maximum absolute atomic E-state index is 14.1. The third-order valence-corrected chi connectivity index (χ3v) is 10.1. The monoisotopic (exact) mass is 696 g/mol. The predicted octanol–water partition coefficient (Wildman–Crippen LogP) is 6.07. The van der Waals surface area contributed by atoms with Crippen molar-refractivity contribution in [2.24, 2.45) is 23.7 Å². The molecule has 2 aliphatic heterocycles. The lowest BCUT2D eigenvalue weighted by molar-refractivity contribution is -0.197. The van der Waals surface area contributed by atoms with Crippen LogP contribution < -0.4 is 10.6 Å². The number of carbonyl (C=O) groups is 4. The molecule has 10 nitrogen and oxygen atoms in total. The molecule has 0 aliphatic carbocycles. The van der Waals surface area contributed by atoms with E-state index in [9.17, 15) is 24.4 Å². The first kappa shape index (κ1) is 41.2. The number of hydrogen-bond acceptors (Lipinski definition) is 7. The molecule has 10 heteroatoms. The Hall–Kier alpha value is -3.24. The smallest absolute Gasteiger partial charge is 0.328 e. The molecule has 2 heterocycles. The van der Waals surface area contributed by atoms with Gasteiger partial charge in [-0.1, -0.05) is 63.3 Å². The van der Waals surface area contributed by atoms with Crippen molar-refractivity contribution < 1.29 is 29.1 Å². The molecule has 1 unspecified atom stereocenters. The van der Waals surface area contributed by atoms with E-state index >= 15 is 0 Å². The second-order valence-corrected chi connectivity index (χ2v) is 16.3. The Labute approximate surface area is 300 Å². The third-order valence-electron chi connectivity index (χ3n) is 10.1. The van der Waals surface area contributed by atoms with Crippen molar-refractivity contribution in [3.8, 4) is 0 Å². The molecule has 5 atom stereocenters. The molecule has 0 aromatic heterocycles. The van der Waals surface area contributed by atoms with Crippen molar-refractivity contribution in [3.05, 3.63) is 48.0 Å². The van der Waals surface area contributed by atoms with E-state index in [1.54, 1.807) is 18.7 Å². The largest absolute Gasteiger partial charge is 0.461 e. The molecule has 3 amide bonds. The minimum absolute atomic E-state index is 0.0744. The lowest BCUT2D eigenvalue weighted by Crippen LogP contribution is -2.52. The quantitative estimate of drug-likeness (QED) is 0.103. The van der Waals surface area contributed by atoms with Crippen LogP contribution in [-0.4, -0.2) is 81.2 Å². The van der Waals surface area contributed by atoms with Gasteiger partial charge in [0.15, 0.2) is 0 Å².